The van der Waals surface area contributed by atoms with Gasteiger partial charge in [0.25, 0.3) is 0 Å². The van der Waals surface area contributed by atoms with Crippen molar-refractivity contribution in [2.24, 2.45) is 0 Å². The van der Waals surface area contributed by atoms with E-state index in [4.69, 9.17) is 4.74 Å². The van der Waals surface area contributed by atoms with Crippen molar-refractivity contribution >= 4 is 26.7 Å². The Morgan fingerprint density at radius 2 is 1.74 bits per heavy atom. The van der Waals surface area contributed by atoms with Crippen LogP contribution in [0.4, 0.5) is 0 Å². The van der Waals surface area contributed by atoms with E-state index in [1.165, 1.54) is 50.0 Å². The lowest BCUT2D eigenvalue weighted by molar-refractivity contribution is -1.01. The Labute approximate surface area is 147 Å². The van der Waals surface area contributed by atoms with Crippen LogP contribution in [-0.2, 0) is 0 Å². The molecule has 4 heteroatoms. The van der Waals surface area contributed by atoms with Gasteiger partial charge in [0.05, 0.1) is 24.2 Å². The molecule has 1 aliphatic heterocycles. The van der Waals surface area contributed by atoms with E-state index >= 15 is 0 Å². The second-order valence-corrected chi connectivity index (χ2v) is 7.20. The number of benzene rings is 2. The Hall–Kier alpha value is -1.10. The molecule has 0 amide bonds. The fraction of sp³-hybridized carbons (Fsp3) is 0.474. The number of fused-ring (bicyclic) bond motifs is 1. The van der Waals surface area contributed by atoms with Gasteiger partial charge in [-0.3, -0.25) is 0 Å². The van der Waals surface area contributed by atoms with Crippen molar-refractivity contribution in [2.45, 2.75) is 13.3 Å². The molecule has 2 aromatic carbocycles. The standard InChI is InChI=1S/C19H25BrN2O/c1-2-21-11-13-22(14-12-21)10-5-15-23-18-9-8-16-6-3-4-7-17(16)19(18)20/h3-4,6-9H,2,5,10-15H2,1H3/p+2. The molecular weight excluding hydrogens is 352 g/mol. The van der Waals surface area contributed by atoms with Crippen molar-refractivity contribution in [3.8, 4) is 5.75 Å². The first-order valence-corrected chi connectivity index (χ1v) is 9.54. The van der Waals surface area contributed by atoms with Gasteiger partial charge in [-0.15, -0.1) is 0 Å². The highest BCUT2D eigenvalue weighted by Crippen LogP contribution is 2.32. The van der Waals surface area contributed by atoms with E-state index in [-0.39, 0.29) is 0 Å². The van der Waals surface area contributed by atoms with Gasteiger partial charge in [-0.05, 0) is 39.7 Å². The minimum Gasteiger partial charge on any atom is -0.492 e. The van der Waals surface area contributed by atoms with Gasteiger partial charge < -0.3 is 14.5 Å². The van der Waals surface area contributed by atoms with E-state index in [0.29, 0.717) is 0 Å². The van der Waals surface area contributed by atoms with Crippen LogP contribution in [0.5, 0.6) is 5.75 Å². The molecule has 124 valence electrons. The molecule has 0 aromatic heterocycles. The van der Waals surface area contributed by atoms with Crippen molar-refractivity contribution in [2.75, 3.05) is 45.9 Å². The van der Waals surface area contributed by atoms with E-state index in [2.05, 4.69) is 59.3 Å². The maximum absolute atomic E-state index is 6.01. The first-order valence-electron chi connectivity index (χ1n) is 8.75. The summed E-state index contributed by atoms with van der Waals surface area (Å²) in [5.41, 5.74) is 0. The van der Waals surface area contributed by atoms with Crippen molar-refractivity contribution in [1.29, 1.82) is 0 Å². The lowest BCUT2D eigenvalue weighted by Crippen LogP contribution is -3.28. The third-order valence-electron chi connectivity index (χ3n) is 4.92. The Morgan fingerprint density at radius 3 is 2.52 bits per heavy atom. The Kier molecular flexibility index (Phi) is 5.92. The number of hydrogen-bond acceptors (Lipinski definition) is 1. The molecule has 1 heterocycles. The molecular formula is C19H27BrN2O+2. The molecule has 0 unspecified atom stereocenters. The molecule has 2 aromatic rings. The zero-order valence-electron chi connectivity index (χ0n) is 13.9. The monoisotopic (exact) mass is 378 g/mol. The summed E-state index contributed by atoms with van der Waals surface area (Å²) in [5, 5.41) is 2.46. The maximum atomic E-state index is 6.01. The summed E-state index contributed by atoms with van der Waals surface area (Å²) < 4.78 is 7.09. The second kappa shape index (κ2) is 8.13. The van der Waals surface area contributed by atoms with E-state index in [9.17, 15) is 0 Å². The summed E-state index contributed by atoms with van der Waals surface area (Å²) in [6.07, 6.45) is 1.12. The number of likely N-dealkylation sites (N-methyl/N-ethyl adjacent to an activating group) is 1. The van der Waals surface area contributed by atoms with Crippen LogP contribution in [0.3, 0.4) is 0 Å². The summed E-state index contributed by atoms with van der Waals surface area (Å²) in [7, 11) is 0. The lowest BCUT2D eigenvalue weighted by Gasteiger charge is -2.28. The highest BCUT2D eigenvalue weighted by Gasteiger charge is 2.20. The predicted molar refractivity (Wildman–Crippen MR) is 98.6 cm³/mol. The van der Waals surface area contributed by atoms with Gasteiger partial charge >= 0.3 is 0 Å². The van der Waals surface area contributed by atoms with Crippen LogP contribution >= 0.6 is 15.9 Å². The fourth-order valence-electron chi connectivity index (χ4n) is 3.39. The molecule has 0 bridgehead atoms. The summed E-state index contributed by atoms with van der Waals surface area (Å²) >= 11 is 3.69. The van der Waals surface area contributed by atoms with E-state index < -0.39 is 0 Å². The van der Waals surface area contributed by atoms with Crippen molar-refractivity contribution in [3.63, 3.8) is 0 Å². The molecule has 2 N–H and O–H groups in total. The van der Waals surface area contributed by atoms with Crippen LogP contribution in [0.15, 0.2) is 40.9 Å². The molecule has 0 aliphatic carbocycles. The minimum atomic E-state index is 0.796. The third kappa shape index (κ3) is 4.25. The highest BCUT2D eigenvalue weighted by molar-refractivity contribution is 9.10. The molecule has 1 saturated heterocycles. The number of hydrogen-bond donors (Lipinski definition) is 2. The zero-order valence-corrected chi connectivity index (χ0v) is 15.5. The molecule has 1 aliphatic rings. The molecule has 3 rings (SSSR count). The van der Waals surface area contributed by atoms with Crippen molar-refractivity contribution in [1.82, 2.24) is 0 Å². The van der Waals surface area contributed by atoms with Gasteiger partial charge in [0.1, 0.15) is 31.9 Å². The van der Waals surface area contributed by atoms with E-state index in [1.54, 1.807) is 9.80 Å². The summed E-state index contributed by atoms with van der Waals surface area (Å²) in [6, 6.07) is 12.6. The van der Waals surface area contributed by atoms with Crippen LogP contribution in [-0.4, -0.2) is 45.9 Å². The normalized spacial score (nSPS) is 21.5. The molecule has 0 spiro atoms. The number of halogens is 1. The Balaban J connectivity index is 1.47. The van der Waals surface area contributed by atoms with Crippen molar-refractivity contribution < 1.29 is 14.5 Å². The van der Waals surface area contributed by atoms with E-state index in [1.807, 2.05) is 0 Å². The summed E-state index contributed by atoms with van der Waals surface area (Å²) in [4.78, 5) is 3.49. The Bertz CT molecular complexity index is 638. The molecule has 0 atom stereocenters. The van der Waals surface area contributed by atoms with Crippen molar-refractivity contribution in [3.05, 3.63) is 40.9 Å². The van der Waals surface area contributed by atoms with Crippen LogP contribution < -0.4 is 14.5 Å². The molecule has 23 heavy (non-hydrogen) atoms. The average molecular weight is 379 g/mol. The van der Waals surface area contributed by atoms with Gasteiger partial charge in [0.2, 0.25) is 0 Å². The van der Waals surface area contributed by atoms with Gasteiger partial charge in [0.15, 0.2) is 0 Å². The lowest BCUT2D eigenvalue weighted by atomic mass is 10.1. The molecule has 0 radical (unpaired) electrons. The second-order valence-electron chi connectivity index (χ2n) is 6.40. The topological polar surface area (TPSA) is 18.1 Å². The van der Waals surface area contributed by atoms with Crippen LogP contribution in [0, 0.1) is 0 Å². The average Bonchev–Trinajstić information content (AvgIpc) is 2.61. The predicted octanol–water partition coefficient (Wildman–Crippen LogP) is 1.17. The first-order chi connectivity index (χ1) is 11.3. The van der Waals surface area contributed by atoms with Gasteiger partial charge in [0, 0.05) is 6.42 Å². The quantitative estimate of drug-likeness (QED) is 0.722. The number of ether oxygens (including phenoxy) is 1. The van der Waals surface area contributed by atoms with Crippen LogP contribution in [0.1, 0.15) is 13.3 Å². The largest absolute Gasteiger partial charge is 0.492 e. The zero-order chi connectivity index (χ0) is 16.1. The van der Waals surface area contributed by atoms with Gasteiger partial charge in [-0.25, -0.2) is 0 Å². The van der Waals surface area contributed by atoms with Gasteiger partial charge in [-0.2, -0.15) is 0 Å². The van der Waals surface area contributed by atoms with Crippen LogP contribution in [0.2, 0.25) is 0 Å². The number of quaternary nitrogens is 2. The number of rotatable bonds is 6. The SMILES string of the molecule is CC[NH+]1CC[NH+](CCCOc2ccc3ccccc3c2Br)CC1. The summed E-state index contributed by atoms with van der Waals surface area (Å²) in [6.45, 7) is 10.8. The number of piperazine rings is 1. The number of nitrogens with one attached hydrogen (secondary N) is 2. The maximum Gasteiger partial charge on any atom is 0.134 e. The third-order valence-corrected chi connectivity index (χ3v) is 5.74. The molecule has 0 saturated carbocycles. The van der Waals surface area contributed by atoms with E-state index in [0.717, 1.165) is 23.2 Å². The van der Waals surface area contributed by atoms with Gasteiger partial charge in [-0.1, -0.05) is 30.3 Å². The fourth-order valence-corrected chi connectivity index (χ4v) is 4.00. The molecule has 3 nitrogen and oxygen atoms in total. The first kappa shape index (κ1) is 16.7. The Morgan fingerprint density at radius 1 is 1.00 bits per heavy atom. The smallest absolute Gasteiger partial charge is 0.134 e. The van der Waals surface area contributed by atoms with Crippen LogP contribution in [0.25, 0.3) is 10.8 Å². The summed E-state index contributed by atoms with van der Waals surface area (Å²) in [5.74, 6) is 0.957. The molecule has 1 fully saturated rings. The minimum absolute atomic E-state index is 0.796. The highest BCUT2D eigenvalue weighted by atomic mass is 79.9.